The van der Waals surface area contributed by atoms with Crippen molar-refractivity contribution in [1.29, 1.82) is 0 Å². The SMILES string of the molecule is CCNC(=NCCC(=O)Nc1cccc(C)n1)NCCc1ccc(C)c(OC)c1.I. The van der Waals surface area contributed by atoms with E-state index in [1.807, 2.05) is 32.9 Å². The highest BCUT2D eigenvalue weighted by Crippen LogP contribution is 2.18. The molecule has 0 atom stereocenters. The normalized spacial score (nSPS) is 10.7. The number of rotatable bonds is 9. The highest BCUT2D eigenvalue weighted by Gasteiger charge is 2.05. The first-order valence-electron chi connectivity index (χ1n) is 9.91. The van der Waals surface area contributed by atoms with Crippen molar-refractivity contribution in [3.63, 3.8) is 0 Å². The second-order valence-corrected chi connectivity index (χ2v) is 6.70. The van der Waals surface area contributed by atoms with Crippen molar-refractivity contribution >= 4 is 41.7 Å². The van der Waals surface area contributed by atoms with E-state index in [-0.39, 0.29) is 29.9 Å². The van der Waals surface area contributed by atoms with Gasteiger partial charge in [0, 0.05) is 25.2 Å². The number of hydrogen-bond acceptors (Lipinski definition) is 4. The van der Waals surface area contributed by atoms with Gasteiger partial charge in [-0.05, 0) is 56.5 Å². The average molecular weight is 525 g/mol. The molecule has 0 radical (unpaired) electrons. The number of guanidine groups is 1. The van der Waals surface area contributed by atoms with Gasteiger partial charge in [-0.15, -0.1) is 24.0 Å². The van der Waals surface area contributed by atoms with Gasteiger partial charge in [-0.2, -0.15) is 0 Å². The molecule has 164 valence electrons. The van der Waals surface area contributed by atoms with Gasteiger partial charge in [-0.1, -0.05) is 18.2 Å². The molecule has 0 fully saturated rings. The van der Waals surface area contributed by atoms with Crippen LogP contribution in [0.1, 0.15) is 30.2 Å². The van der Waals surface area contributed by atoms with Crippen LogP contribution in [0.15, 0.2) is 41.4 Å². The Balaban J connectivity index is 0.00000450. The van der Waals surface area contributed by atoms with Gasteiger partial charge < -0.3 is 20.7 Å². The lowest BCUT2D eigenvalue weighted by atomic mass is 10.1. The van der Waals surface area contributed by atoms with Crippen LogP contribution in [0.2, 0.25) is 0 Å². The number of carbonyl (C=O) groups is 1. The third kappa shape index (κ3) is 8.98. The van der Waals surface area contributed by atoms with E-state index in [4.69, 9.17) is 4.74 Å². The molecule has 0 spiro atoms. The molecule has 1 heterocycles. The third-order valence-electron chi connectivity index (χ3n) is 4.29. The number of hydrogen-bond donors (Lipinski definition) is 3. The zero-order chi connectivity index (χ0) is 21.1. The lowest BCUT2D eigenvalue weighted by Crippen LogP contribution is -2.38. The number of carbonyl (C=O) groups excluding carboxylic acids is 1. The summed E-state index contributed by atoms with van der Waals surface area (Å²) in [6.07, 6.45) is 1.14. The molecule has 1 aromatic heterocycles. The van der Waals surface area contributed by atoms with Gasteiger partial charge >= 0.3 is 0 Å². The molecule has 0 aliphatic heterocycles. The second kappa shape index (κ2) is 13.8. The summed E-state index contributed by atoms with van der Waals surface area (Å²) in [4.78, 5) is 20.8. The van der Waals surface area contributed by atoms with Gasteiger partial charge in [0.2, 0.25) is 5.91 Å². The fourth-order valence-electron chi connectivity index (χ4n) is 2.77. The molecule has 8 heteroatoms. The third-order valence-corrected chi connectivity index (χ3v) is 4.29. The number of pyridine rings is 1. The fourth-order valence-corrected chi connectivity index (χ4v) is 2.77. The smallest absolute Gasteiger partial charge is 0.227 e. The number of methoxy groups -OCH3 is 1. The molecule has 3 N–H and O–H groups in total. The summed E-state index contributed by atoms with van der Waals surface area (Å²) in [6.45, 7) is 7.81. The number of benzene rings is 1. The summed E-state index contributed by atoms with van der Waals surface area (Å²) >= 11 is 0. The van der Waals surface area contributed by atoms with E-state index in [2.05, 4.69) is 44.1 Å². The average Bonchev–Trinajstić information content (AvgIpc) is 2.69. The molecule has 0 saturated heterocycles. The molecular weight excluding hydrogens is 493 g/mol. The first kappa shape index (κ1) is 25.7. The highest BCUT2D eigenvalue weighted by molar-refractivity contribution is 14.0. The van der Waals surface area contributed by atoms with Crippen LogP contribution in [-0.2, 0) is 11.2 Å². The van der Waals surface area contributed by atoms with Crippen LogP contribution >= 0.6 is 24.0 Å². The van der Waals surface area contributed by atoms with Crippen molar-refractivity contribution < 1.29 is 9.53 Å². The van der Waals surface area contributed by atoms with E-state index < -0.39 is 0 Å². The lowest BCUT2D eigenvalue weighted by Gasteiger charge is -2.12. The summed E-state index contributed by atoms with van der Waals surface area (Å²) in [7, 11) is 1.69. The molecule has 0 bridgehead atoms. The Kier molecular flexibility index (Phi) is 11.8. The number of aromatic nitrogens is 1. The van der Waals surface area contributed by atoms with Gasteiger partial charge in [0.15, 0.2) is 5.96 Å². The van der Waals surface area contributed by atoms with Crippen molar-refractivity contribution in [3.8, 4) is 5.75 Å². The molecule has 0 aliphatic carbocycles. The van der Waals surface area contributed by atoms with E-state index in [0.717, 1.165) is 36.5 Å². The van der Waals surface area contributed by atoms with Crippen molar-refractivity contribution in [2.75, 3.05) is 32.1 Å². The van der Waals surface area contributed by atoms with Crippen LogP contribution in [0.3, 0.4) is 0 Å². The Bertz CT molecular complexity index is 842. The minimum atomic E-state index is -0.102. The monoisotopic (exact) mass is 525 g/mol. The Morgan fingerprint density at radius 3 is 2.67 bits per heavy atom. The number of aryl methyl sites for hydroxylation is 2. The molecule has 2 rings (SSSR count). The van der Waals surface area contributed by atoms with Gasteiger partial charge in [0.25, 0.3) is 0 Å². The predicted molar refractivity (Wildman–Crippen MR) is 133 cm³/mol. The summed E-state index contributed by atoms with van der Waals surface area (Å²) in [6, 6.07) is 11.8. The van der Waals surface area contributed by atoms with Crippen LogP contribution in [0.5, 0.6) is 5.75 Å². The number of anilines is 1. The first-order chi connectivity index (χ1) is 14.0. The Labute approximate surface area is 196 Å². The van der Waals surface area contributed by atoms with Crippen molar-refractivity contribution in [3.05, 3.63) is 53.2 Å². The molecule has 0 aliphatic rings. The van der Waals surface area contributed by atoms with Gasteiger partial charge in [-0.25, -0.2) is 4.98 Å². The summed E-state index contributed by atoms with van der Waals surface area (Å²) in [5.41, 5.74) is 3.18. The van der Waals surface area contributed by atoms with Crippen LogP contribution in [0, 0.1) is 13.8 Å². The number of nitrogens with zero attached hydrogens (tertiary/aromatic N) is 2. The Morgan fingerprint density at radius 2 is 1.97 bits per heavy atom. The largest absolute Gasteiger partial charge is 0.496 e. The second-order valence-electron chi connectivity index (χ2n) is 6.70. The quantitative estimate of drug-likeness (QED) is 0.265. The summed E-state index contributed by atoms with van der Waals surface area (Å²) < 4.78 is 5.38. The molecule has 0 unspecified atom stereocenters. The number of amides is 1. The maximum Gasteiger partial charge on any atom is 0.227 e. The van der Waals surface area contributed by atoms with Gasteiger partial charge in [-0.3, -0.25) is 9.79 Å². The first-order valence-corrected chi connectivity index (χ1v) is 9.91. The van der Waals surface area contributed by atoms with E-state index in [1.54, 1.807) is 13.2 Å². The van der Waals surface area contributed by atoms with Crippen molar-refractivity contribution in [2.24, 2.45) is 4.99 Å². The Hall–Kier alpha value is -2.36. The zero-order valence-corrected chi connectivity index (χ0v) is 20.4. The number of nitrogens with one attached hydrogen (secondary N) is 3. The molecule has 30 heavy (non-hydrogen) atoms. The standard InChI is InChI=1S/C22H31N5O2.HI/c1-5-23-22(24-13-11-18-10-9-16(2)19(15-18)29-4)25-14-12-21(28)27-20-8-6-7-17(3)26-20;/h6-10,15H,5,11-14H2,1-4H3,(H2,23,24,25)(H,26,27,28);1H. The summed E-state index contributed by atoms with van der Waals surface area (Å²) in [5.74, 6) is 2.07. The topological polar surface area (TPSA) is 87.6 Å². The molecule has 7 nitrogen and oxygen atoms in total. The molecule has 2 aromatic rings. The number of halogens is 1. The summed E-state index contributed by atoms with van der Waals surface area (Å²) in [5, 5.41) is 9.30. The number of ether oxygens (including phenoxy) is 1. The highest BCUT2D eigenvalue weighted by atomic mass is 127. The van der Waals surface area contributed by atoms with E-state index in [9.17, 15) is 4.79 Å². The molecule has 1 aromatic carbocycles. The number of aliphatic imine (C=N–C) groups is 1. The van der Waals surface area contributed by atoms with Crippen LogP contribution in [0.25, 0.3) is 0 Å². The van der Waals surface area contributed by atoms with Crippen LogP contribution < -0.4 is 20.7 Å². The van der Waals surface area contributed by atoms with Crippen LogP contribution in [0.4, 0.5) is 5.82 Å². The maximum absolute atomic E-state index is 12.1. The predicted octanol–water partition coefficient (Wildman–Crippen LogP) is 3.45. The van der Waals surface area contributed by atoms with E-state index >= 15 is 0 Å². The fraction of sp³-hybridized carbons (Fsp3) is 0.409. The van der Waals surface area contributed by atoms with Gasteiger partial charge in [0.1, 0.15) is 11.6 Å². The minimum absolute atomic E-state index is 0. The van der Waals surface area contributed by atoms with Crippen molar-refractivity contribution in [2.45, 2.75) is 33.6 Å². The van der Waals surface area contributed by atoms with E-state index in [0.29, 0.717) is 24.7 Å². The maximum atomic E-state index is 12.1. The van der Waals surface area contributed by atoms with Crippen molar-refractivity contribution in [1.82, 2.24) is 15.6 Å². The molecule has 0 saturated carbocycles. The van der Waals surface area contributed by atoms with Crippen LogP contribution in [-0.4, -0.2) is 43.6 Å². The molecule has 1 amide bonds. The lowest BCUT2D eigenvalue weighted by molar-refractivity contribution is -0.116. The van der Waals surface area contributed by atoms with E-state index in [1.165, 1.54) is 5.56 Å². The zero-order valence-electron chi connectivity index (χ0n) is 18.1. The Morgan fingerprint density at radius 1 is 1.17 bits per heavy atom. The molecular formula is C22H32IN5O2. The van der Waals surface area contributed by atoms with Gasteiger partial charge in [0.05, 0.1) is 13.7 Å². The minimum Gasteiger partial charge on any atom is -0.496 e.